The molecule has 0 aliphatic carbocycles. The molecule has 0 aromatic carbocycles. The van der Waals surface area contributed by atoms with Gasteiger partial charge in [0.15, 0.2) is 0 Å². The molecule has 2 saturated heterocycles. The van der Waals surface area contributed by atoms with E-state index in [0.717, 1.165) is 52.9 Å². The average Bonchev–Trinajstić information content (AvgIpc) is 3.00. The number of piperidine rings is 1. The van der Waals surface area contributed by atoms with Crippen LogP contribution >= 0.6 is 11.8 Å². The van der Waals surface area contributed by atoms with Crippen molar-refractivity contribution in [1.82, 2.24) is 14.4 Å². The van der Waals surface area contributed by atoms with Gasteiger partial charge >= 0.3 is 0 Å². The maximum absolute atomic E-state index is 12.7. The molecule has 0 unspecified atom stereocenters. The SMILES string of the molecule is Cc1cc(/C=C2\SC(=O)N(CC(=O)N3CCCC[C@H]3C)C2=O)c(C)n1C. The van der Waals surface area contributed by atoms with Gasteiger partial charge in [0, 0.05) is 31.0 Å². The van der Waals surface area contributed by atoms with Crippen LogP contribution in [0.15, 0.2) is 11.0 Å². The monoisotopic (exact) mass is 375 g/mol. The minimum Gasteiger partial charge on any atom is -0.352 e. The molecule has 7 heteroatoms. The van der Waals surface area contributed by atoms with Gasteiger partial charge in [-0.25, -0.2) is 0 Å². The Bertz CT molecular complexity index is 796. The molecule has 0 radical (unpaired) electrons. The van der Waals surface area contributed by atoms with Gasteiger partial charge in [-0.05, 0) is 69.5 Å². The molecule has 2 fully saturated rings. The minimum atomic E-state index is -0.376. The minimum absolute atomic E-state index is 0.146. The predicted octanol–water partition coefficient (Wildman–Crippen LogP) is 3.08. The van der Waals surface area contributed by atoms with E-state index in [-0.39, 0.29) is 29.6 Å². The van der Waals surface area contributed by atoms with Gasteiger partial charge in [-0.2, -0.15) is 0 Å². The standard InChI is InChI=1S/C19H25N3O3S/c1-12-7-5-6-8-21(12)17(23)11-22-18(24)16(26-19(22)25)10-15-9-13(2)20(4)14(15)3/h9-10,12H,5-8,11H2,1-4H3/b16-10-/t12-/m1/s1. The number of amides is 3. The molecule has 6 nitrogen and oxygen atoms in total. The second-order valence-electron chi connectivity index (χ2n) is 7.09. The smallest absolute Gasteiger partial charge is 0.294 e. The topological polar surface area (TPSA) is 62.6 Å². The second-order valence-corrected chi connectivity index (χ2v) is 8.08. The van der Waals surface area contributed by atoms with Crippen molar-refractivity contribution in [3.05, 3.63) is 27.9 Å². The lowest BCUT2D eigenvalue weighted by Crippen LogP contribution is -2.47. The highest BCUT2D eigenvalue weighted by atomic mass is 32.2. The van der Waals surface area contributed by atoms with E-state index >= 15 is 0 Å². The summed E-state index contributed by atoms with van der Waals surface area (Å²) in [7, 11) is 1.96. The fourth-order valence-electron chi connectivity index (χ4n) is 3.50. The van der Waals surface area contributed by atoms with Gasteiger partial charge in [0.05, 0.1) is 4.91 Å². The van der Waals surface area contributed by atoms with Gasteiger partial charge in [-0.1, -0.05) is 0 Å². The Hall–Kier alpha value is -2.02. The van der Waals surface area contributed by atoms with Crippen LogP contribution < -0.4 is 0 Å². The molecule has 140 valence electrons. The third-order valence-electron chi connectivity index (χ3n) is 5.39. The zero-order valence-electron chi connectivity index (χ0n) is 15.7. The third-order valence-corrected chi connectivity index (χ3v) is 6.30. The van der Waals surface area contributed by atoms with Crippen LogP contribution in [0, 0.1) is 13.8 Å². The Morgan fingerprint density at radius 2 is 2.04 bits per heavy atom. The Balaban J connectivity index is 1.75. The molecule has 1 aromatic rings. The number of rotatable bonds is 3. The lowest BCUT2D eigenvalue weighted by Gasteiger charge is -2.34. The van der Waals surface area contributed by atoms with Crippen LogP contribution in [-0.2, 0) is 16.6 Å². The molecule has 3 amide bonds. The summed E-state index contributed by atoms with van der Waals surface area (Å²) >= 11 is 0.908. The molecule has 3 rings (SSSR count). The van der Waals surface area contributed by atoms with Crippen LogP contribution in [0.4, 0.5) is 4.79 Å². The molecule has 0 spiro atoms. The summed E-state index contributed by atoms with van der Waals surface area (Å²) in [5.41, 5.74) is 3.04. The Morgan fingerprint density at radius 3 is 2.65 bits per heavy atom. The molecule has 0 saturated carbocycles. The van der Waals surface area contributed by atoms with Crippen molar-refractivity contribution < 1.29 is 14.4 Å². The van der Waals surface area contributed by atoms with Crippen molar-refractivity contribution in [1.29, 1.82) is 0 Å². The summed E-state index contributed by atoms with van der Waals surface area (Å²) in [4.78, 5) is 40.8. The maximum atomic E-state index is 12.7. The molecule has 2 aliphatic heterocycles. The summed E-state index contributed by atoms with van der Waals surface area (Å²) < 4.78 is 2.04. The summed E-state index contributed by atoms with van der Waals surface area (Å²) in [5.74, 6) is -0.522. The first-order valence-corrected chi connectivity index (χ1v) is 9.79. The number of imide groups is 1. The fraction of sp³-hybridized carbons (Fsp3) is 0.526. The lowest BCUT2D eigenvalue weighted by molar-refractivity contribution is -0.138. The first kappa shape index (κ1) is 18.8. The van der Waals surface area contributed by atoms with E-state index in [1.807, 2.05) is 38.5 Å². The van der Waals surface area contributed by atoms with Crippen molar-refractivity contribution >= 4 is 34.9 Å². The number of thioether (sulfide) groups is 1. The quantitative estimate of drug-likeness (QED) is 0.762. The first-order valence-electron chi connectivity index (χ1n) is 8.97. The summed E-state index contributed by atoms with van der Waals surface area (Å²) in [5, 5.41) is -0.371. The summed E-state index contributed by atoms with van der Waals surface area (Å²) in [6.07, 6.45) is 4.82. The zero-order valence-corrected chi connectivity index (χ0v) is 16.6. The molecule has 26 heavy (non-hydrogen) atoms. The zero-order chi connectivity index (χ0) is 19.0. The second kappa shape index (κ2) is 7.31. The molecule has 0 N–H and O–H groups in total. The van der Waals surface area contributed by atoms with Gasteiger partial charge in [-0.15, -0.1) is 0 Å². The number of likely N-dealkylation sites (tertiary alicyclic amines) is 1. The number of hydrogen-bond donors (Lipinski definition) is 0. The molecular formula is C19H25N3O3S. The van der Waals surface area contributed by atoms with Gasteiger partial charge < -0.3 is 9.47 Å². The van der Waals surface area contributed by atoms with Crippen molar-refractivity contribution in [3.8, 4) is 0 Å². The van der Waals surface area contributed by atoms with E-state index in [2.05, 4.69) is 0 Å². The number of carbonyl (C=O) groups excluding carboxylic acids is 3. The van der Waals surface area contributed by atoms with Crippen molar-refractivity contribution in [2.24, 2.45) is 7.05 Å². The average molecular weight is 375 g/mol. The van der Waals surface area contributed by atoms with Crippen LogP contribution in [0.3, 0.4) is 0 Å². The van der Waals surface area contributed by atoms with Crippen LogP contribution in [-0.4, -0.2) is 50.6 Å². The first-order chi connectivity index (χ1) is 12.3. The predicted molar refractivity (Wildman–Crippen MR) is 103 cm³/mol. The lowest BCUT2D eigenvalue weighted by atomic mass is 10.0. The molecule has 2 aliphatic rings. The largest absolute Gasteiger partial charge is 0.352 e. The number of aryl methyl sites for hydroxylation is 1. The molecule has 1 atom stereocenters. The Kier molecular flexibility index (Phi) is 5.27. The van der Waals surface area contributed by atoms with Gasteiger partial charge in [0.25, 0.3) is 11.1 Å². The number of carbonyl (C=O) groups is 3. The molecule has 0 bridgehead atoms. The number of nitrogens with zero attached hydrogens (tertiary/aromatic N) is 3. The maximum Gasteiger partial charge on any atom is 0.294 e. The van der Waals surface area contributed by atoms with E-state index in [4.69, 9.17) is 0 Å². The molecule has 3 heterocycles. The van der Waals surface area contributed by atoms with Crippen molar-refractivity contribution in [2.75, 3.05) is 13.1 Å². The Morgan fingerprint density at radius 1 is 1.31 bits per heavy atom. The third kappa shape index (κ3) is 3.45. The molecular weight excluding hydrogens is 350 g/mol. The molecule has 1 aromatic heterocycles. The van der Waals surface area contributed by atoms with Gasteiger partial charge in [0.1, 0.15) is 6.54 Å². The van der Waals surface area contributed by atoms with Gasteiger partial charge in [0.2, 0.25) is 5.91 Å². The van der Waals surface area contributed by atoms with Crippen molar-refractivity contribution in [3.63, 3.8) is 0 Å². The van der Waals surface area contributed by atoms with Gasteiger partial charge in [-0.3, -0.25) is 19.3 Å². The van der Waals surface area contributed by atoms with Crippen LogP contribution in [0.5, 0.6) is 0 Å². The summed E-state index contributed by atoms with van der Waals surface area (Å²) in [6.45, 7) is 6.53. The van der Waals surface area contributed by atoms with E-state index in [1.54, 1.807) is 11.0 Å². The highest BCUT2D eigenvalue weighted by Crippen LogP contribution is 2.33. The fourth-order valence-corrected chi connectivity index (χ4v) is 4.33. The van der Waals surface area contributed by atoms with Crippen LogP contribution in [0.25, 0.3) is 6.08 Å². The number of hydrogen-bond acceptors (Lipinski definition) is 4. The highest BCUT2D eigenvalue weighted by molar-refractivity contribution is 8.18. The highest BCUT2D eigenvalue weighted by Gasteiger charge is 2.38. The van der Waals surface area contributed by atoms with E-state index in [0.29, 0.717) is 11.4 Å². The summed E-state index contributed by atoms with van der Waals surface area (Å²) in [6, 6.07) is 2.16. The number of aromatic nitrogens is 1. The van der Waals surface area contributed by atoms with Crippen molar-refractivity contribution in [2.45, 2.75) is 46.1 Å². The van der Waals surface area contributed by atoms with E-state index in [1.165, 1.54) is 0 Å². The van der Waals surface area contributed by atoms with E-state index in [9.17, 15) is 14.4 Å². The Labute approximate surface area is 158 Å². The van der Waals surface area contributed by atoms with Crippen LogP contribution in [0.2, 0.25) is 0 Å². The normalized spacial score (nSPS) is 22.6. The van der Waals surface area contributed by atoms with Crippen LogP contribution in [0.1, 0.15) is 43.1 Å². The van der Waals surface area contributed by atoms with E-state index < -0.39 is 0 Å².